The van der Waals surface area contributed by atoms with Crippen molar-refractivity contribution in [1.82, 2.24) is 20.0 Å². The van der Waals surface area contributed by atoms with Crippen LogP contribution in [0.2, 0.25) is 0 Å². The Balaban J connectivity index is 1.42. The molecule has 0 saturated carbocycles. The van der Waals surface area contributed by atoms with E-state index in [1.165, 1.54) is 12.1 Å². The molecule has 0 N–H and O–H groups in total. The van der Waals surface area contributed by atoms with Crippen LogP contribution in [0.15, 0.2) is 53.3 Å². The minimum atomic E-state index is -0.202. The molecule has 0 aliphatic carbocycles. The summed E-state index contributed by atoms with van der Waals surface area (Å²) in [6.07, 6.45) is 4.43. The molecule has 1 fully saturated rings. The smallest absolute Gasteiger partial charge is 0.231 e. The van der Waals surface area contributed by atoms with Crippen molar-refractivity contribution in [2.45, 2.75) is 18.9 Å². The predicted molar refractivity (Wildman–Crippen MR) is 86.6 cm³/mol. The monoisotopic (exact) mass is 324 g/mol. The van der Waals surface area contributed by atoms with E-state index < -0.39 is 0 Å². The molecule has 5 nitrogen and oxygen atoms in total. The highest BCUT2D eigenvalue weighted by Crippen LogP contribution is 2.28. The van der Waals surface area contributed by atoms with Crippen LogP contribution in [0.4, 0.5) is 4.39 Å². The Morgan fingerprint density at radius 2 is 2.08 bits per heavy atom. The Labute approximate surface area is 139 Å². The number of likely N-dealkylation sites (tertiary alicyclic amines) is 1. The van der Waals surface area contributed by atoms with Crippen LogP contribution in [0, 0.1) is 5.82 Å². The van der Waals surface area contributed by atoms with Crippen LogP contribution < -0.4 is 0 Å². The average molecular weight is 324 g/mol. The SMILES string of the molecule is Fc1ccc(CN2CCC(c3nc(-c4cccnc4)no3)C2)cc1. The van der Waals surface area contributed by atoms with Crippen LogP contribution >= 0.6 is 0 Å². The first-order chi connectivity index (χ1) is 11.8. The van der Waals surface area contributed by atoms with Crippen molar-refractivity contribution < 1.29 is 8.91 Å². The second-order valence-electron chi connectivity index (χ2n) is 6.05. The zero-order chi connectivity index (χ0) is 16.4. The van der Waals surface area contributed by atoms with Gasteiger partial charge in [-0.3, -0.25) is 9.88 Å². The summed E-state index contributed by atoms with van der Waals surface area (Å²) in [5.74, 6) is 1.29. The van der Waals surface area contributed by atoms with E-state index in [9.17, 15) is 4.39 Å². The summed E-state index contributed by atoms with van der Waals surface area (Å²) in [6, 6.07) is 10.4. The molecule has 3 aromatic rings. The lowest BCUT2D eigenvalue weighted by atomic mass is 10.1. The lowest BCUT2D eigenvalue weighted by molar-refractivity contribution is 0.309. The lowest BCUT2D eigenvalue weighted by Crippen LogP contribution is -2.19. The van der Waals surface area contributed by atoms with E-state index in [0.29, 0.717) is 11.7 Å². The molecule has 1 aliphatic rings. The molecule has 24 heavy (non-hydrogen) atoms. The molecule has 0 spiro atoms. The molecule has 4 rings (SSSR count). The molecule has 1 atom stereocenters. The van der Waals surface area contributed by atoms with E-state index in [2.05, 4.69) is 20.0 Å². The van der Waals surface area contributed by atoms with E-state index in [4.69, 9.17) is 4.52 Å². The number of rotatable bonds is 4. The quantitative estimate of drug-likeness (QED) is 0.737. The van der Waals surface area contributed by atoms with Gasteiger partial charge in [0.1, 0.15) is 5.82 Å². The molecular formula is C18H17FN4O. The molecule has 2 aromatic heterocycles. The second-order valence-corrected chi connectivity index (χ2v) is 6.05. The molecule has 1 unspecified atom stereocenters. The number of nitrogens with zero attached hydrogens (tertiary/aromatic N) is 4. The minimum Gasteiger partial charge on any atom is -0.339 e. The standard InChI is InChI=1S/C18H17FN4O/c19-16-5-3-13(4-6-16)11-23-9-7-15(12-23)18-21-17(22-24-18)14-2-1-8-20-10-14/h1-6,8,10,15H,7,9,11-12H2. The average Bonchev–Trinajstić information content (AvgIpc) is 3.27. The van der Waals surface area contributed by atoms with E-state index in [1.807, 2.05) is 24.3 Å². The van der Waals surface area contributed by atoms with Gasteiger partial charge in [-0.2, -0.15) is 4.98 Å². The van der Waals surface area contributed by atoms with Gasteiger partial charge < -0.3 is 4.52 Å². The van der Waals surface area contributed by atoms with Crippen LogP contribution in [-0.2, 0) is 6.54 Å². The summed E-state index contributed by atoms with van der Waals surface area (Å²) in [7, 11) is 0. The molecule has 122 valence electrons. The lowest BCUT2D eigenvalue weighted by Gasteiger charge is -2.15. The van der Waals surface area contributed by atoms with Gasteiger partial charge in [-0.1, -0.05) is 17.3 Å². The highest BCUT2D eigenvalue weighted by atomic mass is 19.1. The first kappa shape index (κ1) is 15.0. The zero-order valence-electron chi connectivity index (χ0n) is 13.1. The first-order valence-electron chi connectivity index (χ1n) is 7.99. The van der Waals surface area contributed by atoms with Gasteiger partial charge in [-0.25, -0.2) is 4.39 Å². The maximum atomic E-state index is 13.0. The van der Waals surface area contributed by atoms with Crippen molar-refractivity contribution in [3.05, 3.63) is 66.1 Å². The van der Waals surface area contributed by atoms with Crippen LogP contribution in [-0.4, -0.2) is 33.1 Å². The van der Waals surface area contributed by atoms with Crippen molar-refractivity contribution in [1.29, 1.82) is 0 Å². The maximum Gasteiger partial charge on any atom is 0.231 e. The van der Waals surface area contributed by atoms with E-state index in [0.717, 1.165) is 37.2 Å². The second kappa shape index (κ2) is 6.49. The van der Waals surface area contributed by atoms with Crippen molar-refractivity contribution in [2.75, 3.05) is 13.1 Å². The topological polar surface area (TPSA) is 55.1 Å². The van der Waals surface area contributed by atoms with Crippen LogP contribution in [0.1, 0.15) is 23.8 Å². The Morgan fingerprint density at radius 1 is 1.21 bits per heavy atom. The van der Waals surface area contributed by atoms with Gasteiger partial charge in [-0.15, -0.1) is 0 Å². The highest BCUT2D eigenvalue weighted by molar-refractivity contribution is 5.51. The predicted octanol–water partition coefficient (Wildman–Crippen LogP) is 3.26. The number of hydrogen-bond donors (Lipinski definition) is 0. The van der Waals surface area contributed by atoms with Crippen molar-refractivity contribution >= 4 is 0 Å². The van der Waals surface area contributed by atoms with Crippen molar-refractivity contribution in [3.8, 4) is 11.4 Å². The van der Waals surface area contributed by atoms with Gasteiger partial charge in [0, 0.05) is 31.0 Å². The molecule has 3 heterocycles. The molecule has 6 heteroatoms. The molecule has 1 saturated heterocycles. The molecule has 0 radical (unpaired) electrons. The van der Waals surface area contributed by atoms with Gasteiger partial charge in [-0.05, 0) is 42.8 Å². The fourth-order valence-corrected chi connectivity index (χ4v) is 3.04. The fourth-order valence-electron chi connectivity index (χ4n) is 3.04. The molecule has 1 aromatic carbocycles. The van der Waals surface area contributed by atoms with E-state index in [1.54, 1.807) is 12.4 Å². The van der Waals surface area contributed by atoms with E-state index in [-0.39, 0.29) is 11.7 Å². The van der Waals surface area contributed by atoms with Gasteiger partial charge >= 0.3 is 0 Å². The third kappa shape index (κ3) is 3.19. The number of benzene rings is 1. The summed E-state index contributed by atoms with van der Waals surface area (Å²) in [5.41, 5.74) is 1.97. The van der Waals surface area contributed by atoms with Crippen molar-refractivity contribution in [2.24, 2.45) is 0 Å². The number of halogens is 1. The normalized spacial score (nSPS) is 18.1. The highest BCUT2D eigenvalue weighted by Gasteiger charge is 2.28. The van der Waals surface area contributed by atoms with Crippen LogP contribution in [0.25, 0.3) is 11.4 Å². The molecule has 0 bridgehead atoms. The maximum absolute atomic E-state index is 13.0. The van der Waals surface area contributed by atoms with Crippen LogP contribution in [0.5, 0.6) is 0 Å². The summed E-state index contributed by atoms with van der Waals surface area (Å²) in [4.78, 5) is 10.9. The Hall–Kier alpha value is -2.60. The van der Waals surface area contributed by atoms with Gasteiger partial charge in [0.2, 0.25) is 11.7 Å². The summed E-state index contributed by atoms with van der Waals surface area (Å²) in [6.45, 7) is 2.64. The Kier molecular flexibility index (Phi) is 4.04. The minimum absolute atomic E-state index is 0.202. The fraction of sp³-hybridized carbons (Fsp3) is 0.278. The Bertz CT molecular complexity index is 803. The van der Waals surface area contributed by atoms with Gasteiger partial charge in [0.05, 0.1) is 5.92 Å². The van der Waals surface area contributed by atoms with Crippen molar-refractivity contribution in [3.63, 3.8) is 0 Å². The van der Waals surface area contributed by atoms with E-state index >= 15 is 0 Å². The summed E-state index contributed by atoms with van der Waals surface area (Å²) in [5, 5.41) is 4.06. The Morgan fingerprint density at radius 3 is 2.88 bits per heavy atom. The third-order valence-corrected chi connectivity index (χ3v) is 4.30. The summed E-state index contributed by atoms with van der Waals surface area (Å²) < 4.78 is 18.4. The third-order valence-electron chi connectivity index (χ3n) is 4.30. The number of hydrogen-bond acceptors (Lipinski definition) is 5. The zero-order valence-corrected chi connectivity index (χ0v) is 13.1. The molecule has 1 aliphatic heterocycles. The number of aromatic nitrogens is 3. The largest absolute Gasteiger partial charge is 0.339 e. The van der Waals surface area contributed by atoms with Gasteiger partial charge in [0.25, 0.3) is 0 Å². The van der Waals surface area contributed by atoms with Gasteiger partial charge in [0.15, 0.2) is 0 Å². The summed E-state index contributed by atoms with van der Waals surface area (Å²) >= 11 is 0. The molecule has 0 amide bonds. The first-order valence-corrected chi connectivity index (χ1v) is 7.99. The molecular weight excluding hydrogens is 307 g/mol. The van der Waals surface area contributed by atoms with Crippen LogP contribution in [0.3, 0.4) is 0 Å². The number of pyridine rings is 1.